The van der Waals surface area contributed by atoms with E-state index in [9.17, 15) is 0 Å². The monoisotopic (exact) mass is 641 g/mol. The fraction of sp³-hybridized carbons (Fsp3) is 0.791. The van der Waals surface area contributed by atoms with Crippen LogP contribution in [-0.4, -0.2) is 37.4 Å². The zero-order valence-corrected chi connectivity index (χ0v) is 31.8. The lowest BCUT2D eigenvalue weighted by Gasteiger charge is -2.16. The molecule has 0 N–H and O–H groups in total. The van der Waals surface area contributed by atoms with Crippen LogP contribution in [0.4, 0.5) is 0 Å². The molecule has 3 nitrogen and oxygen atoms in total. The third-order valence-corrected chi connectivity index (χ3v) is 8.70. The van der Waals surface area contributed by atoms with E-state index in [2.05, 4.69) is 93.5 Å². The Bertz CT molecular complexity index is 748. The highest BCUT2D eigenvalue weighted by molar-refractivity contribution is 5.81. The number of hydrogen-bond donors (Lipinski definition) is 0. The zero-order valence-electron chi connectivity index (χ0n) is 31.8. The molecule has 46 heavy (non-hydrogen) atoms. The van der Waals surface area contributed by atoms with Crippen molar-refractivity contribution in [2.45, 2.75) is 200 Å². The van der Waals surface area contributed by atoms with Crippen LogP contribution in [0.3, 0.4) is 0 Å². The Morgan fingerprint density at radius 3 is 1.39 bits per heavy atom. The van der Waals surface area contributed by atoms with Crippen LogP contribution in [0.25, 0.3) is 0 Å². The molecular weight excluding hydrogens is 560 g/mol. The zero-order chi connectivity index (χ0) is 33.6. The van der Waals surface area contributed by atoms with E-state index < -0.39 is 0 Å². The lowest BCUT2D eigenvalue weighted by molar-refractivity contribution is 0.0424. The number of oxime groups is 1. The Morgan fingerprint density at radius 1 is 0.522 bits per heavy atom. The molecule has 0 fully saturated rings. The third kappa shape index (κ3) is 36.9. The molecule has 0 aromatic rings. The summed E-state index contributed by atoms with van der Waals surface area (Å²) in [4.78, 5) is 8.40. The molecule has 0 saturated carbocycles. The molecule has 1 atom stereocenters. The summed E-state index contributed by atoms with van der Waals surface area (Å²) in [6.45, 7) is 7.76. The molecule has 0 aromatic heterocycles. The van der Waals surface area contributed by atoms with Crippen LogP contribution in [0.5, 0.6) is 0 Å². The molecular formula is C43H80N2O. The van der Waals surface area contributed by atoms with E-state index in [1.165, 1.54) is 135 Å². The van der Waals surface area contributed by atoms with Crippen molar-refractivity contribution in [1.82, 2.24) is 4.90 Å². The van der Waals surface area contributed by atoms with Crippen molar-refractivity contribution in [2.75, 3.05) is 20.6 Å². The number of unbranched alkanes of at least 4 members (excludes halogenated alkanes) is 17. The standard InChI is InChI=1S/C43H80N2O/c1-6-8-10-12-14-16-18-20-22-24-26-28-30-32-34-36-40-43(46-44-42(3)38-37-41-45(4)5)39-35-33-31-29-27-25-23-21-19-17-15-13-11-9-7-2/h13-16,19-22,43H,6-12,17-18,23-41H2,1-5H3/b15-13-,16-14-,21-19-,22-20-,44-42?. The Labute approximate surface area is 289 Å². The molecule has 0 saturated heterocycles. The second-order valence-electron chi connectivity index (χ2n) is 13.9. The summed E-state index contributed by atoms with van der Waals surface area (Å²) in [5, 5.41) is 4.58. The van der Waals surface area contributed by atoms with Gasteiger partial charge in [0.2, 0.25) is 0 Å². The van der Waals surface area contributed by atoms with Crippen LogP contribution in [0.2, 0.25) is 0 Å². The quantitative estimate of drug-likeness (QED) is 0.0298. The molecule has 0 aliphatic carbocycles. The SMILES string of the molecule is CCCC/C=C\C/C=C\CCCCCCCCC(CCCCCCCC/C=C\C/C=C\CCCCC)ON=C(C)CCCN(C)C. The van der Waals surface area contributed by atoms with E-state index in [4.69, 9.17) is 4.84 Å². The normalized spacial score (nSPS) is 13.5. The molecule has 0 bridgehead atoms. The maximum absolute atomic E-state index is 6.15. The molecule has 0 spiro atoms. The highest BCUT2D eigenvalue weighted by Crippen LogP contribution is 2.18. The maximum atomic E-state index is 6.15. The minimum Gasteiger partial charge on any atom is -0.393 e. The lowest BCUT2D eigenvalue weighted by atomic mass is 10.0. The van der Waals surface area contributed by atoms with Crippen LogP contribution >= 0.6 is 0 Å². The van der Waals surface area contributed by atoms with E-state index in [1.54, 1.807) is 0 Å². The van der Waals surface area contributed by atoms with Crippen molar-refractivity contribution in [1.29, 1.82) is 0 Å². The number of allylic oxidation sites excluding steroid dienone is 8. The highest BCUT2D eigenvalue weighted by atomic mass is 16.6. The minimum absolute atomic E-state index is 0.288. The summed E-state index contributed by atoms with van der Waals surface area (Å²) < 4.78 is 0. The van der Waals surface area contributed by atoms with Gasteiger partial charge in [0, 0.05) is 0 Å². The average Bonchev–Trinajstić information content (AvgIpc) is 3.04. The van der Waals surface area contributed by atoms with E-state index in [0.29, 0.717) is 0 Å². The van der Waals surface area contributed by atoms with Crippen molar-refractivity contribution in [2.24, 2.45) is 5.16 Å². The summed E-state index contributed by atoms with van der Waals surface area (Å²) in [5.74, 6) is 0. The van der Waals surface area contributed by atoms with Gasteiger partial charge in [-0.2, -0.15) is 0 Å². The first-order valence-corrected chi connectivity index (χ1v) is 20.0. The Hall–Kier alpha value is -1.61. The number of nitrogens with zero attached hydrogens (tertiary/aromatic N) is 2. The summed E-state index contributed by atoms with van der Waals surface area (Å²) in [6, 6.07) is 0. The van der Waals surface area contributed by atoms with Gasteiger partial charge in [-0.25, -0.2) is 0 Å². The van der Waals surface area contributed by atoms with Crippen molar-refractivity contribution in [3.63, 3.8) is 0 Å². The molecule has 3 heteroatoms. The summed E-state index contributed by atoms with van der Waals surface area (Å²) >= 11 is 0. The Kier molecular flexibility index (Phi) is 36.5. The van der Waals surface area contributed by atoms with Crippen LogP contribution < -0.4 is 0 Å². The summed E-state index contributed by atoms with van der Waals surface area (Å²) in [6.07, 6.45) is 53.3. The van der Waals surface area contributed by atoms with Crippen molar-refractivity contribution < 1.29 is 4.84 Å². The number of rotatable bonds is 35. The largest absolute Gasteiger partial charge is 0.393 e. The minimum atomic E-state index is 0.288. The van der Waals surface area contributed by atoms with Crippen molar-refractivity contribution >= 4 is 5.71 Å². The molecule has 0 rings (SSSR count). The smallest absolute Gasteiger partial charge is 0.127 e. The molecule has 0 aliphatic heterocycles. The van der Waals surface area contributed by atoms with E-state index in [0.717, 1.165) is 50.8 Å². The van der Waals surface area contributed by atoms with Gasteiger partial charge in [-0.15, -0.1) is 0 Å². The first kappa shape index (κ1) is 44.4. The van der Waals surface area contributed by atoms with Gasteiger partial charge in [-0.3, -0.25) is 0 Å². The topological polar surface area (TPSA) is 24.8 Å². The second kappa shape index (κ2) is 37.8. The van der Waals surface area contributed by atoms with Gasteiger partial charge in [0.05, 0.1) is 5.71 Å². The van der Waals surface area contributed by atoms with Crippen LogP contribution in [0, 0.1) is 0 Å². The molecule has 0 amide bonds. The van der Waals surface area contributed by atoms with Gasteiger partial charge < -0.3 is 9.74 Å². The van der Waals surface area contributed by atoms with Gasteiger partial charge in [-0.05, 0) is 124 Å². The van der Waals surface area contributed by atoms with Gasteiger partial charge >= 0.3 is 0 Å². The van der Waals surface area contributed by atoms with Gasteiger partial charge in [0.25, 0.3) is 0 Å². The molecule has 1 unspecified atom stereocenters. The van der Waals surface area contributed by atoms with Crippen LogP contribution in [0.15, 0.2) is 53.8 Å². The van der Waals surface area contributed by atoms with E-state index >= 15 is 0 Å². The molecule has 268 valence electrons. The predicted octanol–water partition coefficient (Wildman–Crippen LogP) is 14.1. The maximum Gasteiger partial charge on any atom is 0.127 e. The van der Waals surface area contributed by atoms with Gasteiger partial charge in [-0.1, -0.05) is 145 Å². The highest BCUT2D eigenvalue weighted by Gasteiger charge is 2.10. The van der Waals surface area contributed by atoms with Crippen LogP contribution in [-0.2, 0) is 4.84 Å². The van der Waals surface area contributed by atoms with E-state index in [1.807, 2.05) is 0 Å². The summed E-state index contributed by atoms with van der Waals surface area (Å²) in [7, 11) is 4.27. The fourth-order valence-electron chi connectivity index (χ4n) is 5.64. The average molecular weight is 641 g/mol. The Balaban J connectivity index is 4.10. The molecule has 0 aliphatic rings. The second-order valence-corrected chi connectivity index (χ2v) is 13.9. The van der Waals surface area contributed by atoms with E-state index in [-0.39, 0.29) is 6.10 Å². The number of hydrogen-bond acceptors (Lipinski definition) is 3. The Morgan fingerprint density at radius 2 is 0.935 bits per heavy atom. The van der Waals surface area contributed by atoms with Gasteiger partial charge in [0.15, 0.2) is 0 Å². The molecule has 0 aromatic carbocycles. The van der Waals surface area contributed by atoms with Crippen molar-refractivity contribution in [3.05, 3.63) is 48.6 Å². The first-order chi connectivity index (χ1) is 22.6. The molecule has 0 radical (unpaired) electrons. The van der Waals surface area contributed by atoms with Gasteiger partial charge in [0.1, 0.15) is 6.10 Å². The van der Waals surface area contributed by atoms with Crippen molar-refractivity contribution in [3.8, 4) is 0 Å². The fourth-order valence-corrected chi connectivity index (χ4v) is 5.64. The lowest BCUT2D eigenvalue weighted by Crippen LogP contribution is -2.14. The third-order valence-electron chi connectivity index (χ3n) is 8.70. The molecule has 0 heterocycles. The predicted molar refractivity (Wildman–Crippen MR) is 209 cm³/mol. The summed E-state index contributed by atoms with van der Waals surface area (Å²) in [5.41, 5.74) is 1.14. The first-order valence-electron chi connectivity index (χ1n) is 20.0. The van der Waals surface area contributed by atoms with Crippen LogP contribution in [0.1, 0.15) is 194 Å².